The van der Waals surface area contributed by atoms with E-state index in [1.165, 1.54) is 0 Å². The summed E-state index contributed by atoms with van der Waals surface area (Å²) < 4.78 is 4.97. The first-order chi connectivity index (χ1) is 5.59. The molecule has 0 fully saturated rings. The minimum atomic E-state index is 0.0155. The van der Waals surface area contributed by atoms with Gasteiger partial charge in [0.25, 0.3) is 0 Å². The maximum Gasteiger partial charge on any atom is 0.198 e. The highest BCUT2D eigenvalue weighted by Gasteiger charge is 2.11. The molecule has 0 bridgehead atoms. The normalized spacial score (nSPS) is 10.6. The highest BCUT2D eigenvalue weighted by Crippen LogP contribution is 2.13. The fourth-order valence-electron chi connectivity index (χ4n) is 0.974. The lowest BCUT2D eigenvalue weighted by Crippen LogP contribution is -2.01. The fraction of sp³-hybridized carbons (Fsp3) is 0.444. The van der Waals surface area contributed by atoms with Crippen LogP contribution in [0.15, 0.2) is 16.5 Å². The van der Waals surface area contributed by atoms with Gasteiger partial charge in [-0.25, -0.2) is 0 Å². The fourth-order valence-corrected chi connectivity index (χ4v) is 0.974. The third-order valence-corrected chi connectivity index (χ3v) is 1.50. The van der Waals surface area contributed by atoms with Crippen molar-refractivity contribution in [3.8, 4) is 0 Å². The van der Waals surface area contributed by atoms with Crippen LogP contribution < -0.4 is 5.73 Å². The van der Waals surface area contributed by atoms with Crippen molar-refractivity contribution in [3.63, 3.8) is 0 Å². The number of anilines is 1. The largest absolute Gasteiger partial charge is 0.438 e. The Balaban J connectivity index is 2.65. The Morgan fingerprint density at radius 2 is 2.25 bits per heavy atom. The Hall–Kier alpha value is -1.25. The van der Waals surface area contributed by atoms with Crippen LogP contribution in [-0.2, 0) is 0 Å². The van der Waals surface area contributed by atoms with Gasteiger partial charge in [0.15, 0.2) is 17.4 Å². The van der Waals surface area contributed by atoms with Crippen LogP contribution in [0, 0.1) is 5.92 Å². The molecule has 1 aromatic heterocycles. The van der Waals surface area contributed by atoms with Gasteiger partial charge >= 0.3 is 0 Å². The second-order valence-corrected chi connectivity index (χ2v) is 3.22. The van der Waals surface area contributed by atoms with E-state index in [9.17, 15) is 4.79 Å². The molecule has 1 rings (SSSR count). The lowest BCUT2D eigenvalue weighted by molar-refractivity contribution is 0.0941. The van der Waals surface area contributed by atoms with Crippen LogP contribution in [0.3, 0.4) is 0 Å². The van der Waals surface area contributed by atoms with Crippen LogP contribution in [0.5, 0.6) is 0 Å². The van der Waals surface area contributed by atoms with Crippen LogP contribution >= 0.6 is 0 Å². The van der Waals surface area contributed by atoms with E-state index in [1.54, 1.807) is 12.1 Å². The van der Waals surface area contributed by atoms with Gasteiger partial charge in [0.2, 0.25) is 0 Å². The van der Waals surface area contributed by atoms with E-state index in [1.807, 2.05) is 13.8 Å². The molecule has 12 heavy (non-hydrogen) atoms. The number of carbonyl (C=O) groups is 1. The zero-order chi connectivity index (χ0) is 9.14. The zero-order valence-electron chi connectivity index (χ0n) is 7.33. The van der Waals surface area contributed by atoms with Gasteiger partial charge in [-0.1, -0.05) is 13.8 Å². The van der Waals surface area contributed by atoms with Gasteiger partial charge in [0.1, 0.15) is 0 Å². The summed E-state index contributed by atoms with van der Waals surface area (Å²) in [5, 5.41) is 0. The molecule has 0 aliphatic carbocycles. The molecule has 0 aliphatic heterocycles. The van der Waals surface area contributed by atoms with Crippen molar-refractivity contribution in [1.82, 2.24) is 0 Å². The molecule has 0 saturated carbocycles. The van der Waals surface area contributed by atoms with E-state index < -0.39 is 0 Å². The number of rotatable bonds is 3. The average Bonchev–Trinajstić information content (AvgIpc) is 2.34. The Morgan fingerprint density at radius 1 is 1.58 bits per heavy atom. The summed E-state index contributed by atoms with van der Waals surface area (Å²) in [5.41, 5.74) is 5.33. The summed E-state index contributed by atoms with van der Waals surface area (Å²) in [6.45, 7) is 3.98. The number of nitrogens with two attached hydrogens (primary N) is 1. The number of Topliss-reactive ketones (excluding diaryl/α,β-unsaturated/α-hetero) is 1. The number of nitrogen functional groups attached to an aromatic ring is 1. The topological polar surface area (TPSA) is 56.2 Å². The quantitative estimate of drug-likeness (QED) is 0.701. The molecule has 0 saturated heterocycles. The standard InChI is InChI=1S/C9H13NO2/c1-6(2)5-7(11)8-3-4-9(10)12-8/h3-4,6H,5,10H2,1-2H3. The molecule has 0 radical (unpaired) electrons. The first kappa shape index (κ1) is 8.84. The zero-order valence-corrected chi connectivity index (χ0v) is 7.33. The maximum absolute atomic E-state index is 11.3. The van der Waals surface area contributed by atoms with Crippen LogP contribution in [0.1, 0.15) is 30.8 Å². The SMILES string of the molecule is CC(C)CC(=O)c1ccc(N)o1. The summed E-state index contributed by atoms with van der Waals surface area (Å²) in [4.78, 5) is 11.3. The van der Waals surface area contributed by atoms with Crippen molar-refractivity contribution >= 4 is 11.7 Å². The molecule has 1 heterocycles. The second-order valence-electron chi connectivity index (χ2n) is 3.22. The Morgan fingerprint density at radius 3 is 2.67 bits per heavy atom. The number of hydrogen-bond acceptors (Lipinski definition) is 3. The predicted octanol–water partition coefficient (Wildman–Crippen LogP) is 2.09. The predicted molar refractivity (Wildman–Crippen MR) is 46.9 cm³/mol. The third kappa shape index (κ3) is 2.12. The molecule has 0 unspecified atom stereocenters. The lowest BCUT2D eigenvalue weighted by Gasteiger charge is -1.99. The summed E-state index contributed by atoms with van der Waals surface area (Å²) in [5.74, 6) is 1.02. The molecule has 3 heteroatoms. The van der Waals surface area contributed by atoms with E-state index in [-0.39, 0.29) is 5.78 Å². The molecule has 2 N–H and O–H groups in total. The molecule has 0 amide bonds. The summed E-state index contributed by atoms with van der Waals surface area (Å²) in [7, 11) is 0. The van der Waals surface area contributed by atoms with Crippen molar-refractivity contribution in [2.24, 2.45) is 5.92 Å². The number of hydrogen-bond donors (Lipinski definition) is 1. The molecule has 0 aliphatic rings. The van der Waals surface area contributed by atoms with Crippen LogP contribution in [0.25, 0.3) is 0 Å². The first-order valence-corrected chi connectivity index (χ1v) is 3.98. The molecule has 0 spiro atoms. The second kappa shape index (κ2) is 3.43. The number of ketones is 1. The van der Waals surface area contributed by atoms with E-state index in [0.717, 1.165) is 0 Å². The highest BCUT2D eigenvalue weighted by atomic mass is 16.4. The Kier molecular flexibility index (Phi) is 2.53. The van der Waals surface area contributed by atoms with Crippen LogP contribution in [0.2, 0.25) is 0 Å². The third-order valence-electron chi connectivity index (χ3n) is 1.50. The molecular formula is C9H13NO2. The molecule has 3 nitrogen and oxygen atoms in total. The highest BCUT2D eigenvalue weighted by molar-refractivity contribution is 5.93. The number of carbonyl (C=O) groups excluding carboxylic acids is 1. The van der Waals surface area contributed by atoms with Gasteiger partial charge in [0.05, 0.1) is 0 Å². The van der Waals surface area contributed by atoms with Gasteiger partial charge in [0, 0.05) is 12.5 Å². The monoisotopic (exact) mass is 167 g/mol. The van der Waals surface area contributed by atoms with Crippen molar-refractivity contribution in [2.45, 2.75) is 20.3 Å². The summed E-state index contributed by atoms with van der Waals surface area (Å²) in [6, 6.07) is 3.20. The van der Waals surface area contributed by atoms with Crippen molar-refractivity contribution in [1.29, 1.82) is 0 Å². The minimum Gasteiger partial charge on any atom is -0.438 e. The van der Waals surface area contributed by atoms with Gasteiger partial charge < -0.3 is 10.2 Å². The Labute approximate surface area is 71.6 Å². The van der Waals surface area contributed by atoms with E-state index >= 15 is 0 Å². The molecular weight excluding hydrogens is 154 g/mol. The van der Waals surface area contributed by atoms with Gasteiger partial charge in [-0.3, -0.25) is 4.79 Å². The lowest BCUT2D eigenvalue weighted by atomic mass is 10.1. The minimum absolute atomic E-state index is 0.0155. The Bertz CT molecular complexity index is 276. The summed E-state index contributed by atoms with van der Waals surface area (Å²) >= 11 is 0. The van der Waals surface area contributed by atoms with Crippen LogP contribution in [-0.4, -0.2) is 5.78 Å². The van der Waals surface area contributed by atoms with Crippen molar-refractivity contribution in [2.75, 3.05) is 5.73 Å². The molecule has 0 aromatic carbocycles. The van der Waals surface area contributed by atoms with E-state index in [0.29, 0.717) is 24.0 Å². The van der Waals surface area contributed by atoms with Crippen LogP contribution in [0.4, 0.5) is 5.88 Å². The molecule has 1 aromatic rings. The van der Waals surface area contributed by atoms with Gasteiger partial charge in [-0.15, -0.1) is 0 Å². The van der Waals surface area contributed by atoms with E-state index in [4.69, 9.17) is 10.2 Å². The van der Waals surface area contributed by atoms with Gasteiger partial charge in [-0.05, 0) is 12.0 Å². The average molecular weight is 167 g/mol. The van der Waals surface area contributed by atoms with Gasteiger partial charge in [-0.2, -0.15) is 0 Å². The molecule has 66 valence electrons. The van der Waals surface area contributed by atoms with Crippen molar-refractivity contribution in [3.05, 3.63) is 17.9 Å². The smallest absolute Gasteiger partial charge is 0.198 e. The summed E-state index contributed by atoms with van der Waals surface area (Å²) in [6.07, 6.45) is 0.507. The first-order valence-electron chi connectivity index (χ1n) is 3.98. The number of furan rings is 1. The van der Waals surface area contributed by atoms with Crippen molar-refractivity contribution < 1.29 is 9.21 Å². The molecule has 0 atom stereocenters. The maximum atomic E-state index is 11.3. The van der Waals surface area contributed by atoms with E-state index in [2.05, 4.69) is 0 Å².